The Balaban J connectivity index is 2.58. The molecule has 0 aliphatic carbocycles. The maximum atomic E-state index is 12.7. The minimum Gasteiger partial charge on any atom is -0.474 e. The lowest BCUT2D eigenvalue weighted by molar-refractivity contribution is -0.139. The van der Waals surface area contributed by atoms with Gasteiger partial charge in [0.25, 0.3) is 0 Å². The summed E-state index contributed by atoms with van der Waals surface area (Å²) in [5.74, 6) is -0.519. The molecule has 1 aromatic rings. The highest BCUT2D eigenvalue weighted by Crippen LogP contribution is 2.34. The van der Waals surface area contributed by atoms with Gasteiger partial charge in [-0.3, -0.25) is 0 Å². The molecule has 0 aromatic carbocycles. The van der Waals surface area contributed by atoms with Gasteiger partial charge < -0.3 is 15.2 Å². The van der Waals surface area contributed by atoms with Crippen LogP contribution in [0.3, 0.4) is 0 Å². The molecule has 0 amide bonds. The van der Waals surface area contributed by atoms with E-state index in [0.29, 0.717) is 0 Å². The van der Waals surface area contributed by atoms with Crippen LogP contribution in [-0.2, 0) is 6.18 Å². The number of rotatable bonds is 5. The van der Waals surface area contributed by atoms with E-state index < -0.39 is 23.7 Å². The molecule has 0 spiro atoms. The molecule has 1 atom stereocenters. The topological polar surface area (TPSA) is 54.4 Å². The van der Waals surface area contributed by atoms with Gasteiger partial charge >= 0.3 is 6.18 Å². The van der Waals surface area contributed by atoms with Crippen molar-refractivity contribution in [3.05, 3.63) is 23.9 Å². The van der Waals surface area contributed by atoms with Crippen molar-refractivity contribution in [2.75, 3.05) is 13.2 Å². The lowest BCUT2D eigenvalue weighted by Crippen LogP contribution is -2.42. The number of ether oxygens (including phenoxy) is 1. The fourth-order valence-electron chi connectivity index (χ4n) is 1.38. The van der Waals surface area contributed by atoms with Crippen molar-refractivity contribution in [3.8, 4) is 5.88 Å². The van der Waals surface area contributed by atoms with Crippen molar-refractivity contribution >= 4 is 0 Å². The zero-order chi connectivity index (χ0) is 15.4. The van der Waals surface area contributed by atoms with Gasteiger partial charge in [-0.25, -0.2) is 4.98 Å². The minimum atomic E-state index is -4.53. The first kappa shape index (κ1) is 16.7. The zero-order valence-electron chi connectivity index (χ0n) is 11.7. The molecule has 0 saturated heterocycles. The molecular weight excluding hydrogens is 273 g/mol. The SMILES string of the molecule is CC(C)(C)NCC(O)COc1ncccc1C(F)(F)F. The molecule has 114 valence electrons. The van der Waals surface area contributed by atoms with Gasteiger partial charge in [0.2, 0.25) is 5.88 Å². The van der Waals surface area contributed by atoms with Crippen LogP contribution in [0.1, 0.15) is 26.3 Å². The molecule has 0 bridgehead atoms. The van der Waals surface area contributed by atoms with Gasteiger partial charge in [-0.15, -0.1) is 0 Å². The summed E-state index contributed by atoms with van der Waals surface area (Å²) in [6.45, 7) is 5.71. The maximum Gasteiger partial charge on any atom is 0.421 e. The Morgan fingerprint density at radius 1 is 1.35 bits per heavy atom. The molecule has 0 aliphatic heterocycles. The van der Waals surface area contributed by atoms with Gasteiger partial charge in [0.15, 0.2) is 0 Å². The van der Waals surface area contributed by atoms with Gasteiger partial charge in [-0.05, 0) is 32.9 Å². The van der Waals surface area contributed by atoms with Crippen LogP contribution < -0.4 is 10.1 Å². The molecular formula is C13H19F3N2O2. The van der Waals surface area contributed by atoms with E-state index in [-0.39, 0.29) is 18.7 Å². The predicted molar refractivity (Wildman–Crippen MR) is 68.5 cm³/mol. The Hall–Kier alpha value is -1.34. The number of aliphatic hydroxyl groups is 1. The largest absolute Gasteiger partial charge is 0.474 e. The molecule has 1 heterocycles. The average Bonchev–Trinajstić information content (AvgIpc) is 2.32. The van der Waals surface area contributed by atoms with Gasteiger partial charge in [0.1, 0.15) is 18.3 Å². The molecule has 7 heteroatoms. The summed E-state index contributed by atoms with van der Waals surface area (Å²) in [5, 5.41) is 12.7. The molecule has 0 aliphatic rings. The number of aromatic nitrogens is 1. The molecule has 0 fully saturated rings. The lowest BCUT2D eigenvalue weighted by Gasteiger charge is -2.23. The zero-order valence-corrected chi connectivity index (χ0v) is 11.7. The van der Waals surface area contributed by atoms with Crippen molar-refractivity contribution in [2.24, 2.45) is 0 Å². The number of halogens is 3. The molecule has 4 nitrogen and oxygen atoms in total. The Bertz CT molecular complexity index is 430. The lowest BCUT2D eigenvalue weighted by atomic mass is 10.1. The fraction of sp³-hybridized carbons (Fsp3) is 0.615. The van der Waals surface area contributed by atoms with E-state index >= 15 is 0 Å². The molecule has 1 rings (SSSR count). The van der Waals surface area contributed by atoms with Crippen LogP contribution in [0.5, 0.6) is 5.88 Å². The third kappa shape index (κ3) is 5.75. The van der Waals surface area contributed by atoms with Crippen molar-refractivity contribution in [2.45, 2.75) is 38.6 Å². The summed E-state index contributed by atoms with van der Waals surface area (Å²) in [5.41, 5.74) is -1.14. The number of nitrogens with one attached hydrogen (secondary N) is 1. The summed E-state index contributed by atoms with van der Waals surface area (Å²) >= 11 is 0. The molecule has 2 N–H and O–H groups in total. The summed E-state index contributed by atoms with van der Waals surface area (Å²) < 4.78 is 43.0. The highest BCUT2D eigenvalue weighted by atomic mass is 19.4. The summed E-state index contributed by atoms with van der Waals surface area (Å²) in [4.78, 5) is 3.55. The normalized spacial score (nSPS) is 14.2. The number of alkyl halides is 3. The van der Waals surface area contributed by atoms with Gasteiger partial charge in [-0.2, -0.15) is 13.2 Å². The van der Waals surface area contributed by atoms with E-state index in [1.807, 2.05) is 20.8 Å². The number of β-amino-alcohol motifs (C(OH)–C–C–N with tert-alkyl or cyclic N) is 1. The van der Waals surface area contributed by atoms with E-state index in [4.69, 9.17) is 4.74 Å². The molecule has 0 saturated carbocycles. The van der Waals surface area contributed by atoms with Crippen molar-refractivity contribution in [1.82, 2.24) is 10.3 Å². The summed E-state index contributed by atoms with van der Waals surface area (Å²) in [6.07, 6.45) is -4.24. The van der Waals surface area contributed by atoms with E-state index in [1.54, 1.807) is 0 Å². The van der Waals surface area contributed by atoms with E-state index in [2.05, 4.69) is 10.3 Å². The highest BCUT2D eigenvalue weighted by molar-refractivity contribution is 5.28. The van der Waals surface area contributed by atoms with Gasteiger partial charge in [0.05, 0.1) is 0 Å². The average molecular weight is 292 g/mol. The van der Waals surface area contributed by atoms with Crippen LogP contribution in [0.15, 0.2) is 18.3 Å². The third-order valence-corrected chi connectivity index (χ3v) is 2.36. The monoisotopic (exact) mass is 292 g/mol. The van der Waals surface area contributed by atoms with Crippen molar-refractivity contribution < 1.29 is 23.0 Å². The number of hydrogen-bond acceptors (Lipinski definition) is 4. The minimum absolute atomic E-state index is 0.191. The Labute approximate surface area is 116 Å². The summed E-state index contributed by atoms with van der Waals surface area (Å²) in [7, 11) is 0. The van der Waals surface area contributed by atoms with E-state index in [9.17, 15) is 18.3 Å². The first-order valence-electron chi connectivity index (χ1n) is 6.18. The second-order valence-electron chi connectivity index (χ2n) is 5.45. The second-order valence-corrected chi connectivity index (χ2v) is 5.45. The Morgan fingerprint density at radius 2 is 2.00 bits per heavy atom. The molecule has 20 heavy (non-hydrogen) atoms. The molecule has 1 unspecified atom stereocenters. The summed E-state index contributed by atoms with van der Waals surface area (Å²) in [6, 6.07) is 2.08. The fourth-order valence-corrected chi connectivity index (χ4v) is 1.38. The molecule has 0 radical (unpaired) electrons. The number of nitrogens with zero attached hydrogens (tertiary/aromatic N) is 1. The van der Waals surface area contributed by atoms with Crippen molar-refractivity contribution in [1.29, 1.82) is 0 Å². The number of aliphatic hydroxyl groups excluding tert-OH is 1. The van der Waals surface area contributed by atoms with E-state index in [0.717, 1.165) is 6.07 Å². The quantitative estimate of drug-likeness (QED) is 0.874. The van der Waals surface area contributed by atoms with Crippen LogP contribution in [0.2, 0.25) is 0 Å². The third-order valence-electron chi connectivity index (χ3n) is 2.36. The Kier molecular flexibility index (Phi) is 5.35. The Morgan fingerprint density at radius 3 is 2.55 bits per heavy atom. The highest BCUT2D eigenvalue weighted by Gasteiger charge is 2.35. The van der Waals surface area contributed by atoms with Crippen LogP contribution >= 0.6 is 0 Å². The molecule has 1 aromatic heterocycles. The number of hydrogen-bond donors (Lipinski definition) is 2. The van der Waals surface area contributed by atoms with E-state index in [1.165, 1.54) is 12.3 Å². The number of pyridine rings is 1. The first-order chi connectivity index (χ1) is 9.09. The maximum absolute atomic E-state index is 12.7. The first-order valence-corrected chi connectivity index (χ1v) is 6.18. The van der Waals surface area contributed by atoms with Gasteiger partial charge in [0, 0.05) is 18.3 Å². The van der Waals surface area contributed by atoms with Crippen molar-refractivity contribution in [3.63, 3.8) is 0 Å². The van der Waals surface area contributed by atoms with Crippen LogP contribution in [0.4, 0.5) is 13.2 Å². The standard InChI is InChI=1S/C13H19F3N2O2/c1-12(2,3)18-7-9(19)8-20-11-10(13(14,15)16)5-4-6-17-11/h4-6,9,18-19H,7-8H2,1-3H3. The second kappa shape index (κ2) is 6.41. The smallest absolute Gasteiger partial charge is 0.421 e. The van der Waals surface area contributed by atoms with Gasteiger partial charge in [-0.1, -0.05) is 0 Å². The predicted octanol–water partition coefficient (Wildman–Crippen LogP) is 2.23. The van der Waals surface area contributed by atoms with Crippen LogP contribution in [-0.4, -0.2) is 34.9 Å². The van der Waals surface area contributed by atoms with Crippen LogP contribution in [0.25, 0.3) is 0 Å². The van der Waals surface area contributed by atoms with Crippen LogP contribution in [0, 0.1) is 0 Å².